The molecule has 1 aliphatic rings. The molecule has 1 fully saturated rings. The number of carbonyl (C=O) groups excluding carboxylic acids is 1. The lowest BCUT2D eigenvalue weighted by atomic mass is 10.2. The Labute approximate surface area is 108 Å². The normalized spacial score (nSPS) is 17.1. The van der Waals surface area contributed by atoms with E-state index in [1.54, 1.807) is 6.26 Å². The second kappa shape index (κ2) is 6.56. The Morgan fingerprint density at radius 2 is 2.11 bits per heavy atom. The Balaban J connectivity index is 1.72. The highest BCUT2D eigenvalue weighted by molar-refractivity contribution is 5.76. The van der Waals surface area contributed by atoms with Crippen molar-refractivity contribution in [3.63, 3.8) is 0 Å². The summed E-state index contributed by atoms with van der Waals surface area (Å²) in [5.74, 6) is 1.22. The van der Waals surface area contributed by atoms with Gasteiger partial charge in [-0.25, -0.2) is 0 Å². The molecule has 2 rings (SSSR count). The van der Waals surface area contributed by atoms with Crippen molar-refractivity contribution in [3.8, 4) is 0 Å². The van der Waals surface area contributed by atoms with E-state index in [1.165, 1.54) is 0 Å². The standard InChI is InChI=1S/C13H21N3O2/c14-5-1-4-13(17)16-8-6-15(7-9-16)11-12-3-2-10-18-12/h2-3,10H,1,4-9,11,14H2. The lowest BCUT2D eigenvalue weighted by molar-refractivity contribution is -0.133. The Kier molecular flexibility index (Phi) is 4.78. The van der Waals surface area contributed by atoms with Gasteiger partial charge in [0, 0.05) is 32.6 Å². The van der Waals surface area contributed by atoms with E-state index in [4.69, 9.17) is 10.2 Å². The molecule has 100 valence electrons. The van der Waals surface area contributed by atoms with Crippen LogP contribution in [0.25, 0.3) is 0 Å². The van der Waals surface area contributed by atoms with Crippen LogP contribution < -0.4 is 5.73 Å². The quantitative estimate of drug-likeness (QED) is 0.835. The highest BCUT2D eigenvalue weighted by Gasteiger charge is 2.20. The summed E-state index contributed by atoms with van der Waals surface area (Å²) in [6.07, 6.45) is 3.06. The second-order valence-corrected chi connectivity index (χ2v) is 4.63. The van der Waals surface area contributed by atoms with Crippen LogP contribution in [0, 0.1) is 0 Å². The monoisotopic (exact) mass is 251 g/mol. The Bertz CT molecular complexity index is 356. The molecule has 18 heavy (non-hydrogen) atoms. The van der Waals surface area contributed by atoms with Crippen LogP contribution in [0.1, 0.15) is 18.6 Å². The van der Waals surface area contributed by atoms with Gasteiger partial charge in [0.05, 0.1) is 12.8 Å². The lowest BCUT2D eigenvalue weighted by Gasteiger charge is -2.34. The molecule has 1 aromatic heterocycles. The molecule has 0 spiro atoms. The number of nitrogens with zero attached hydrogens (tertiary/aromatic N) is 2. The van der Waals surface area contributed by atoms with Crippen molar-refractivity contribution in [1.82, 2.24) is 9.80 Å². The predicted octanol–water partition coefficient (Wildman–Crippen LogP) is 0.663. The molecule has 1 saturated heterocycles. The third kappa shape index (κ3) is 3.58. The van der Waals surface area contributed by atoms with Crippen molar-refractivity contribution in [2.75, 3.05) is 32.7 Å². The molecule has 1 aliphatic heterocycles. The fourth-order valence-corrected chi connectivity index (χ4v) is 2.19. The average molecular weight is 251 g/mol. The fourth-order valence-electron chi connectivity index (χ4n) is 2.19. The average Bonchev–Trinajstić information content (AvgIpc) is 2.89. The van der Waals surface area contributed by atoms with Gasteiger partial charge in [0.25, 0.3) is 0 Å². The maximum absolute atomic E-state index is 11.8. The van der Waals surface area contributed by atoms with Gasteiger partial charge in [-0.2, -0.15) is 0 Å². The topological polar surface area (TPSA) is 62.7 Å². The highest BCUT2D eigenvalue weighted by atomic mass is 16.3. The first kappa shape index (κ1) is 13.1. The Morgan fingerprint density at radius 1 is 1.33 bits per heavy atom. The first-order valence-corrected chi connectivity index (χ1v) is 6.52. The first-order chi connectivity index (χ1) is 8.79. The molecule has 2 N–H and O–H groups in total. The van der Waals surface area contributed by atoms with Crippen LogP contribution in [0.3, 0.4) is 0 Å². The molecule has 5 nitrogen and oxygen atoms in total. The van der Waals surface area contributed by atoms with Crippen LogP contribution in [0.5, 0.6) is 0 Å². The van der Waals surface area contributed by atoms with Crippen molar-refractivity contribution in [2.24, 2.45) is 5.73 Å². The molecule has 1 aromatic rings. The summed E-state index contributed by atoms with van der Waals surface area (Å²) in [6, 6.07) is 3.89. The van der Waals surface area contributed by atoms with Gasteiger partial charge in [-0.15, -0.1) is 0 Å². The molecular weight excluding hydrogens is 230 g/mol. The van der Waals surface area contributed by atoms with Crippen LogP contribution in [-0.4, -0.2) is 48.4 Å². The summed E-state index contributed by atoms with van der Waals surface area (Å²) in [5, 5.41) is 0. The van der Waals surface area contributed by atoms with E-state index in [0.717, 1.165) is 44.9 Å². The molecule has 2 heterocycles. The molecule has 0 aliphatic carbocycles. The highest BCUT2D eigenvalue weighted by Crippen LogP contribution is 2.10. The zero-order valence-corrected chi connectivity index (χ0v) is 10.7. The van der Waals surface area contributed by atoms with Gasteiger partial charge < -0.3 is 15.1 Å². The van der Waals surface area contributed by atoms with Crippen LogP contribution >= 0.6 is 0 Å². The van der Waals surface area contributed by atoms with Crippen molar-refractivity contribution in [2.45, 2.75) is 19.4 Å². The smallest absolute Gasteiger partial charge is 0.222 e. The van der Waals surface area contributed by atoms with E-state index in [-0.39, 0.29) is 5.91 Å². The third-order valence-corrected chi connectivity index (χ3v) is 3.28. The summed E-state index contributed by atoms with van der Waals surface area (Å²) >= 11 is 0. The number of hydrogen-bond donors (Lipinski definition) is 1. The van der Waals surface area contributed by atoms with E-state index in [2.05, 4.69) is 4.90 Å². The van der Waals surface area contributed by atoms with Crippen molar-refractivity contribution in [1.29, 1.82) is 0 Å². The Morgan fingerprint density at radius 3 is 2.72 bits per heavy atom. The van der Waals surface area contributed by atoms with Crippen LogP contribution in [0.15, 0.2) is 22.8 Å². The molecule has 5 heteroatoms. The minimum atomic E-state index is 0.234. The maximum Gasteiger partial charge on any atom is 0.222 e. The molecule has 0 saturated carbocycles. The van der Waals surface area contributed by atoms with Crippen molar-refractivity contribution >= 4 is 5.91 Å². The number of nitrogens with two attached hydrogens (primary N) is 1. The molecule has 0 bridgehead atoms. The minimum absolute atomic E-state index is 0.234. The van der Waals surface area contributed by atoms with Crippen LogP contribution in [0.4, 0.5) is 0 Å². The van der Waals surface area contributed by atoms with Gasteiger partial charge in [0.1, 0.15) is 5.76 Å². The van der Waals surface area contributed by atoms with E-state index in [9.17, 15) is 4.79 Å². The van der Waals surface area contributed by atoms with Crippen molar-refractivity contribution < 1.29 is 9.21 Å². The minimum Gasteiger partial charge on any atom is -0.468 e. The predicted molar refractivity (Wildman–Crippen MR) is 68.9 cm³/mol. The maximum atomic E-state index is 11.8. The zero-order chi connectivity index (χ0) is 12.8. The van der Waals surface area contributed by atoms with Gasteiger partial charge in [0.15, 0.2) is 0 Å². The van der Waals surface area contributed by atoms with Crippen LogP contribution in [-0.2, 0) is 11.3 Å². The summed E-state index contributed by atoms with van der Waals surface area (Å²) < 4.78 is 5.33. The second-order valence-electron chi connectivity index (χ2n) is 4.63. The van der Waals surface area contributed by atoms with Crippen LogP contribution in [0.2, 0.25) is 0 Å². The van der Waals surface area contributed by atoms with Gasteiger partial charge in [-0.05, 0) is 25.1 Å². The number of amides is 1. The first-order valence-electron chi connectivity index (χ1n) is 6.52. The lowest BCUT2D eigenvalue weighted by Crippen LogP contribution is -2.48. The number of hydrogen-bond acceptors (Lipinski definition) is 4. The number of carbonyl (C=O) groups is 1. The fraction of sp³-hybridized carbons (Fsp3) is 0.615. The van der Waals surface area contributed by atoms with Gasteiger partial charge >= 0.3 is 0 Å². The van der Waals surface area contributed by atoms with Gasteiger partial charge in [-0.3, -0.25) is 9.69 Å². The summed E-state index contributed by atoms with van der Waals surface area (Å²) in [7, 11) is 0. The van der Waals surface area contributed by atoms with Crippen molar-refractivity contribution in [3.05, 3.63) is 24.2 Å². The van der Waals surface area contributed by atoms with Gasteiger partial charge in [0.2, 0.25) is 5.91 Å². The molecule has 0 atom stereocenters. The molecule has 0 radical (unpaired) electrons. The molecular formula is C13H21N3O2. The number of rotatable bonds is 5. The summed E-state index contributed by atoms with van der Waals surface area (Å²) in [5.41, 5.74) is 5.41. The molecule has 0 aromatic carbocycles. The largest absolute Gasteiger partial charge is 0.468 e. The molecule has 1 amide bonds. The summed E-state index contributed by atoms with van der Waals surface area (Å²) in [4.78, 5) is 16.1. The SMILES string of the molecule is NCCCC(=O)N1CCN(Cc2ccco2)CC1. The van der Waals surface area contributed by atoms with E-state index < -0.39 is 0 Å². The Hall–Kier alpha value is -1.33. The van der Waals surface area contributed by atoms with E-state index in [1.807, 2.05) is 17.0 Å². The number of piperazine rings is 1. The number of furan rings is 1. The van der Waals surface area contributed by atoms with E-state index >= 15 is 0 Å². The zero-order valence-electron chi connectivity index (χ0n) is 10.7. The van der Waals surface area contributed by atoms with E-state index in [0.29, 0.717) is 13.0 Å². The van der Waals surface area contributed by atoms with Gasteiger partial charge in [-0.1, -0.05) is 0 Å². The molecule has 0 unspecified atom stereocenters. The summed E-state index contributed by atoms with van der Waals surface area (Å²) in [6.45, 7) is 4.86. The third-order valence-electron chi connectivity index (χ3n) is 3.28.